The number of likely N-dealkylation sites (N-methyl/N-ethyl adjacent to an activating group) is 1. The highest BCUT2D eigenvalue weighted by Gasteiger charge is 2.25. The smallest absolute Gasteiger partial charge is 0.236 e. The molecule has 0 aromatic heterocycles. The van der Waals surface area contributed by atoms with Crippen molar-refractivity contribution in [1.29, 1.82) is 0 Å². The molecule has 0 aromatic carbocycles. The first-order valence-corrected chi connectivity index (χ1v) is 5.85. The lowest BCUT2D eigenvalue weighted by Crippen LogP contribution is -2.48. The maximum absolute atomic E-state index is 11.8. The predicted octanol–water partition coefficient (Wildman–Crippen LogP) is 2.02. The first-order valence-electron chi connectivity index (χ1n) is 5.85. The van der Waals surface area contributed by atoms with E-state index >= 15 is 0 Å². The number of hydrogen-bond acceptors (Lipinski definition) is 2. The fourth-order valence-electron chi connectivity index (χ4n) is 1.10. The Hall–Kier alpha value is -0.570. The highest BCUT2D eigenvalue weighted by molar-refractivity contribution is 5.78. The van der Waals surface area contributed by atoms with Crippen molar-refractivity contribution in [1.82, 2.24) is 10.2 Å². The maximum atomic E-state index is 11.8. The largest absolute Gasteiger partial charge is 0.340 e. The Bertz CT molecular complexity index is 202. The molecule has 0 saturated heterocycles. The molecule has 0 spiro atoms. The Morgan fingerprint density at radius 2 is 1.93 bits per heavy atom. The van der Waals surface area contributed by atoms with Gasteiger partial charge in [0.2, 0.25) is 5.91 Å². The average molecular weight is 214 g/mol. The van der Waals surface area contributed by atoms with Crippen LogP contribution in [0.5, 0.6) is 0 Å². The van der Waals surface area contributed by atoms with Crippen LogP contribution in [0.15, 0.2) is 0 Å². The molecular formula is C12H26N2O. The number of nitrogens with zero attached hydrogens (tertiary/aromatic N) is 1. The van der Waals surface area contributed by atoms with Gasteiger partial charge >= 0.3 is 0 Å². The van der Waals surface area contributed by atoms with E-state index in [2.05, 4.69) is 39.9 Å². The molecule has 0 heterocycles. The van der Waals surface area contributed by atoms with Crippen LogP contribution in [0.3, 0.4) is 0 Å². The number of carbonyl (C=O) groups excluding carboxylic acids is 1. The number of amides is 1. The lowest BCUT2D eigenvalue weighted by atomic mass is 10.00. The Balaban J connectivity index is 4.11. The van der Waals surface area contributed by atoms with E-state index in [4.69, 9.17) is 0 Å². The van der Waals surface area contributed by atoms with Crippen molar-refractivity contribution >= 4 is 5.91 Å². The highest BCUT2D eigenvalue weighted by atomic mass is 16.2. The predicted molar refractivity (Wildman–Crippen MR) is 64.9 cm³/mol. The van der Waals surface area contributed by atoms with Crippen LogP contribution >= 0.6 is 0 Å². The van der Waals surface area contributed by atoms with Gasteiger partial charge in [-0.1, -0.05) is 13.8 Å². The van der Waals surface area contributed by atoms with E-state index in [9.17, 15) is 4.79 Å². The maximum Gasteiger partial charge on any atom is 0.236 e. The molecule has 1 amide bonds. The molecule has 0 saturated carbocycles. The van der Waals surface area contributed by atoms with E-state index in [1.54, 1.807) is 0 Å². The second-order valence-electron chi connectivity index (χ2n) is 4.81. The molecule has 0 aliphatic heterocycles. The Morgan fingerprint density at radius 1 is 1.40 bits per heavy atom. The molecule has 0 radical (unpaired) electrons. The molecule has 1 atom stereocenters. The fourth-order valence-corrected chi connectivity index (χ4v) is 1.10. The highest BCUT2D eigenvalue weighted by Crippen LogP contribution is 2.15. The van der Waals surface area contributed by atoms with Crippen LogP contribution in [-0.2, 0) is 4.79 Å². The molecule has 90 valence electrons. The molecule has 3 nitrogen and oxygen atoms in total. The van der Waals surface area contributed by atoms with Crippen LogP contribution in [0.2, 0.25) is 0 Å². The van der Waals surface area contributed by atoms with E-state index in [0.29, 0.717) is 12.6 Å². The summed E-state index contributed by atoms with van der Waals surface area (Å²) in [4.78, 5) is 13.7. The van der Waals surface area contributed by atoms with Gasteiger partial charge in [0.1, 0.15) is 0 Å². The summed E-state index contributed by atoms with van der Waals surface area (Å²) in [6.07, 6.45) is 2.02. The van der Waals surface area contributed by atoms with Crippen molar-refractivity contribution in [2.75, 3.05) is 13.6 Å². The quantitative estimate of drug-likeness (QED) is 0.733. The summed E-state index contributed by atoms with van der Waals surface area (Å²) in [5, 5.41) is 3.22. The molecule has 3 heteroatoms. The lowest BCUT2D eigenvalue weighted by molar-refractivity contribution is -0.133. The molecule has 0 aliphatic rings. The fraction of sp³-hybridized carbons (Fsp3) is 0.917. The van der Waals surface area contributed by atoms with Crippen LogP contribution in [0.4, 0.5) is 0 Å². The van der Waals surface area contributed by atoms with E-state index < -0.39 is 0 Å². The van der Waals surface area contributed by atoms with Crippen LogP contribution in [-0.4, -0.2) is 36.0 Å². The minimum Gasteiger partial charge on any atom is -0.340 e. The third-order valence-corrected chi connectivity index (χ3v) is 3.36. The molecule has 0 aromatic rings. The third kappa shape index (κ3) is 4.65. The standard InChI is InChI=1S/C12H26N2O/c1-7-10(3)13-9-11(15)14(6)12(4,5)8-2/h10,13H,7-9H2,1-6H3. The molecule has 1 N–H and O–H groups in total. The van der Waals surface area contributed by atoms with Gasteiger partial charge in [0, 0.05) is 18.6 Å². The molecular weight excluding hydrogens is 188 g/mol. The van der Waals surface area contributed by atoms with E-state index in [0.717, 1.165) is 12.8 Å². The van der Waals surface area contributed by atoms with Gasteiger partial charge in [-0.25, -0.2) is 0 Å². The monoisotopic (exact) mass is 214 g/mol. The Labute approximate surface area is 94.2 Å². The Morgan fingerprint density at radius 3 is 2.33 bits per heavy atom. The zero-order chi connectivity index (χ0) is 12.1. The SMILES string of the molecule is CCC(C)NCC(=O)N(C)C(C)(C)CC. The number of hydrogen-bond donors (Lipinski definition) is 1. The molecule has 1 unspecified atom stereocenters. The van der Waals surface area contributed by atoms with Crippen molar-refractivity contribution in [2.24, 2.45) is 0 Å². The van der Waals surface area contributed by atoms with Gasteiger partial charge in [-0.3, -0.25) is 4.79 Å². The van der Waals surface area contributed by atoms with E-state index in [-0.39, 0.29) is 11.4 Å². The third-order valence-electron chi connectivity index (χ3n) is 3.36. The minimum atomic E-state index is -0.0474. The van der Waals surface area contributed by atoms with Gasteiger partial charge in [-0.2, -0.15) is 0 Å². The second kappa shape index (κ2) is 6.11. The van der Waals surface area contributed by atoms with Crippen molar-refractivity contribution in [2.45, 2.75) is 59.0 Å². The van der Waals surface area contributed by atoms with Crippen molar-refractivity contribution in [3.63, 3.8) is 0 Å². The zero-order valence-electron chi connectivity index (χ0n) is 11.1. The summed E-state index contributed by atoms with van der Waals surface area (Å²) >= 11 is 0. The normalized spacial score (nSPS) is 13.7. The number of rotatable bonds is 6. The van der Waals surface area contributed by atoms with Crippen molar-refractivity contribution < 1.29 is 4.79 Å². The summed E-state index contributed by atoms with van der Waals surface area (Å²) in [6, 6.07) is 0.409. The average Bonchev–Trinajstić information content (AvgIpc) is 2.23. The van der Waals surface area contributed by atoms with Crippen LogP contribution in [0, 0.1) is 0 Å². The minimum absolute atomic E-state index is 0.0474. The first kappa shape index (κ1) is 14.4. The van der Waals surface area contributed by atoms with Gasteiger partial charge in [0.25, 0.3) is 0 Å². The van der Waals surface area contributed by atoms with Gasteiger partial charge in [-0.05, 0) is 33.6 Å². The molecule has 15 heavy (non-hydrogen) atoms. The van der Waals surface area contributed by atoms with Gasteiger partial charge in [0.05, 0.1) is 6.54 Å². The molecule has 0 fully saturated rings. The first-order chi connectivity index (χ1) is 6.85. The summed E-state index contributed by atoms with van der Waals surface area (Å²) < 4.78 is 0. The van der Waals surface area contributed by atoms with E-state index in [1.807, 2.05) is 11.9 Å². The summed E-state index contributed by atoms with van der Waals surface area (Å²) in [6.45, 7) is 10.9. The van der Waals surface area contributed by atoms with E-state index in [1.165, 1.54) is 0 Å². The molecule has 0 aliphatic carbocycles. The number of nitrogens with one attached hydrogen (secondary N) is 1. The van der Waals surface area contributed by atoms with Crippen molar-refractivity contribution in [3.05, 3.63) is 0 Å². The summed E-state index contributed by atoms with van der Waals surface area (Å²) in [5.41, 5.74) is -0.0474. The van der Waals surface area contributed by atoms with Crippen LogP contribution < -0.4 is 5.32 Å². The molecule has 0 rings (SSSR count). The number of carbonyl (C=O) groups is 1. The van der Waals surface area contributed by atoms with Gasteiger partial charge in [-0.15, -0.1) is 0 Å². The summed E-state index contributed by atoms with van der Waals surface area (Å²) in [5.74, 6) is 0.169. The second-order valence-corrected chi connectivity index (χ2v) is 4.81. The van der Waals surface area contributed by atoms with Crippen molar-refractivity contribution in [3.8, 4) is 0 Å². The van der Waals surface area contributed by atoms with Gasteiger partial charge < -0.3 is 10.2 Å². The molecule has 0 bridgehead atoms. The zero-order valence-corrected chi connectivity index (χ0v) is 11.1. The Kier molecular flexibility index (Phi) is 5.88. The van der Waals surface area contributed by atoms with Crippen LogP contribution in [0.25, 0.3) is 0 Å². The van der Waals surface area contributed by atoms with Crippen LogP contribution in [0.1, 0.15) is 47.5 Å². The van der Waals surface area contributed by atoms with Gasteiger partial charge in [0.15, 0.2) is 0 Å². The lowest BCUT2D eigenvalue weighted by Gasteiger charge is -2.35. The topological polar surface area (TPSA) is 32.3 Å². The summed E-state index contributed by atoms with van der Waals surface area (Å²) in [7, 11) is 1.88.